The van der Waals surface area contributed by atoms with Gasteiger partial charge < -0.3 is 24.7 Å². The molecule has 0 aromatic heterocycles. The van der Waals surface area contributed by atoms with Crippen LogP contribution in [-0.4, -0.2) is 73.7 Å². The third-order valence-electron chi connectivity index (χ3n) is 7.29. The van der Waals surface area contributed by atoms with E-state index < -0.39 is 52.8 Å². The van der Waals surface area contributed by atoms with Crippen LogP contribution in [0, 0.1) is 0 Å². The number of anilines is 2. The van der Waals surface area contributed by atoms with E-state index in [4.69, 9.17) is 0 Å². The van der Waals surface area contributed by atoms with Crippen molar-refractivity contribution in [2.75, 3.05) is 24.6 Å². The number of hydrogen-bond donors (Lipinski definition) is 3. The summed E-state index contributed by atoms with van der Waals surface area (Å²) >= 11 is 0. The van der Waals surface area contributed by atoms with Crippen molar-refractivity contribution in [3.05, 3.63) is 83.9 Å². The molecule has 218 valence electrons. The number of carbonyl (C=O) groups is 1. The molecule has 9 nitrogen and oxygen atoms in total. The van der Waals surface area contributed by atoms with Gasteiger partial charge in [0.25, 0.3) is 0 Å². The number of benzene rings is 3. The van der Waals surface area contributed by atoms with Gasteiger partial charge in [-0.2, -0.15) is 0 Å². The number of aliphatic hydroxyl groups is 2. The number of likely N-dealkylation sites (tertiary alicyclic amines) is 1. The quantitative estimate of drug-likeness (QED) is 0.404. The number of sulfonamides is 1. The van der Waals surface area contributed by atoms with Crippen molar-refractivity contribution in [1.82, 2.24) is 9.62 Å². The summed E-state index contributed by atoms with van der Waals surface area (Å²) in [6.07, 6.45) is -4.79. The fourth-order valence-electron chi connectivity index (χ4n) is 5.43. The highest BCUT2D eigenvalue weighted by molar-refractivity contribution is 7.89. The van der Waals surface area contributed by atoms with Crippen molar-refractivity contribution in [3.8, 4) is 5.75 Å². The first-order valence-corrected chi connectivity index (χ1v) is 14.3. The number of aryl methyl sites for hydroxylation is 2. The predicted molar refractivity (Wildman–Crippen MR) is 143 cm³/mol. The molecule has 1 fully saturated rings. The molecule has 0 bridgehead atoms. The van der Waals surface area contributed by atoms with Gasteiger partial charge in [0.15, 0.2) is 0 Å². The van der Waals surface area contributed by atoms with Crippen molar-refractivity contribution in [3.63, 3.8) is 0 Å². The average molecular weight is 592 g/mol. The fourth-order valence-corrected chi connectivity index (χ4v) is 6.67. The SMILES string of the molecule is O=C(CO)N1C[C@H](NS(=O)(=O)c2ccc(OC(F)(F)F)cc2)[C@@H](O)[C@H](N2c3ccccc3CCc3ccccc32)C1. The summed E-state index contributed by atoms with van der Waals surface area (Å²) in [5, 5.41) is 21.3. The van der Waals surface area contributed by atoms with E-state index in [1.165, 1.54) is 4.90 Å². The lowest BCUT2D eigenvalue weighted by atomic mass is 9.94. The number of piperidine rings is 1. The number of nitrogens with zero attached hydrogens (tertiary/aromatic N) is 2. The lowest BCUT2D eigenvalue weighted by Gasteiger charge is -2.47. The van der Waals surface area contributed by atoms with E-state index in [1.54, 1.807) is 0 Å². The third-order valence-corrected chi connectivity index (χ3v) is 8.80. The average Bonchev–Trinajstić information content (AvgIpc) is 3.10. The monoisotopic (exact) mass is 591 g/mol. The summed E-state index contributed by atoms with van der Waals surface area (Å²) < 4.78 is 70.4. The van der Waals surface area contributed by atoms with Gasteiger partial charge in [-0.3, -0.25) is 4.79 Å². The number of carbonyl (C=O) groups excluding carboxylic acids is 1. The molecule has 1 amide bonds. The molecule has 3 aromatic carbocycles. The van der Waals surface area contributed by atoms with Gasteiger partial charge in [0.05, 0.1) is 23.1 Å². The molecule has 2 aliphatic rings. The molecule has 2 heterocycles. The van der Waals surface area contributed by atoms with Crippen molar-refractivity contribution >= 4 is 27.3 Å². The van der Waals surface area contributed by atoms with Crippen LogP contribution in [0.15, 0.2) is 77.7 Å². The molecule has 0 saturated carbocycles. The van der Waals surface area contributed by atoms with Crippen LogP contribution < -0.4 is 14.4 Å². The van der Waals surface area contributed by atoms with Crippen LogP contribution in [-0.2, 0) is 27.7 Å². The van der Waals surface area contributed by atoms with E-state index in [-0.39, 0.29) is 18.0 Å². The number of ether oxygens (including phenoxy) is 1. The van der Waals surface area contributed by atoms with Crippen molar-refractivity contribution in [1.29, 1.82) is 0 Å². The maximum absolute atomic E-state index is 13.3. The van der Waals surface area contributed by atoms with Gasteiger partial charge in [0.2, 0.25) is 15.9 Å². The number of rotatable bonds is 6. The Morgan fingerprint density at radius 3 is 2.02 bits per heavy atom. The molecule has 0 aliphatic carbocycles. The number of hydrogen-bond acceptors (Lipinski definition) is 7. The second-order valence-corrected chi connectivity index (χ2v) is 11.6. The van der Waals surface area contributed by atoms with Gasteiger partial charge in [-0.05, 0) is 60.4 Å². The highest BCUT2D eigenvalue weighted by Crippen LogP contribution is 2.39. The molecule has 1 saturated heterocycles. The Kier molecular flexibility index (Phi) is 7.97. The highest BCUT2D eigenvalue weighted by atomic mass is 32.2. The molecular weight excluding hydrogens is 563 g/mol. The first kappa shape index (κ1) is 28.9. The van der Waals surface area contributed by atoms with Gasteiger partial charge in [0, 0.05) is 24.5 Å². The smallest absolute Gasteiger partial charge is 0.406 e. The number of nitrogens with one attached hydrogen (secondary N) is 1. The summed E-state index contributed by atoms with van der Waals surface area (Å²) in [5.41, 5.74) is 3.64. The van der Waals surface area contributed by atoms with Crippen LogP contribution in [0.3, 0.4) is 0 Å². The predicted octanol–water partition coefficient (Wildman–Crippen LogP) is 2.73. The topological polar surface area (TPSA) is 119 Å². The second-order valence-electron chi connectivity index (χ2n) is 9.89. The van der Waals surface area contributed by atoms with Crippen molar-refractivity contribution in [2.45, 2.75) is 42.3 Å². The molecular formula is C28H28F3N3O6S. The van der Waals surface area contributed by atoms with E-state index >= 15 is 0 Å². The van der Waals surface area contributed by atoms with Gasteiger partial charge in [0.1, 0.15) is 12.4 Å². The summed E-state index contributed by atoms with van der Waals surface area (Å²) in [4.78, 5) is 15.5. The van der Waals surface area contributed by atoms with E-state index in [0.717, 1.165) is 59.6 Å². The lowest BCUT2D eigenvalue weighted by Crippen LogP contribution is -2.66. The van der Waals surface area contributed by atoms with Gasteiger partial charge >= 0.3 is 6.36 Å². The summed E-state index contributed by atoms with van der Waals surface area (Å²) in [6.45, 7) is -1.04. The molecule has 0 radical (unpaired) electrons. The summed E-state index contributed by atoms with van der Waals surface area (Å²) in [7, 11) is -4.36. The number of fused-ring (bicyclic) bond motifs is 2. The number of halogens is 3. The molecule has 3 N–H and O–H groups in total. The first-order chi connectivity index (χ1) is 19.5. The van der Waals surface area contributed by atoms with Crippen LogP contribution >= 0.6 is 0 Å². The zero-order valence-corrected chi connectivity index (χ0v) is 22.5. The molecule has 3 aromatic rings. The molecule has 41 heavy (non-hydrogen) atoms. The molecule has 3 atom stereocenters. The minimum absolute atomic E-state index is 0.00490. The summed E-state index contributed by atoms with van der Waals surface area (Å²) in [5.74, 6) is -1.23. The Labute approximate surface area is 234 Å². The van der Waals surface area contributed by atoms with E-state index in [1.807, 2.05) is 53.4 Å². The fraction of sp³-hybridized carbons (Fsp3) is 0.321. The first-order valence-electron chi connectivity index (χ1n) is 12.9. The zero-order valence-electron chi connectivity index (χ0n) is 21.7. The van der Waals surface area contributed by atoms with E-state index in [0.29, 0.717) is 0 Å². The van der Waals surface area contributed by atoms with Crippen LogP contribution in [0.1, 0.15) is 11.1 Å². The Bertz CT molecular complexity index is 1470. The number of alkyl halides is 3. The van der Waals surface area contributed by atoms with Crippen molar-refractivity contribution < 1.29 is 41.3 Å². The molecule has 13 heteroatoms. The number of amides is 1. The molecule has 0 unspecified atom stereocenters. The van der Waals surface area contributed by atoms with Gasteiger partial charge in [-0.15, -0.1) is 13.2 Å². The van der Waals surface area contributed by atoms with Crippen LogP contribution in [0.2, 0.25) is 0 Å². The number of para-hydroxylation sites is 2. The second kappa shape index (κ2) is 11.3. The van der Waals surface area contributed by atoms with Gasteiger partial charge in [-0.1, -0.05) is 36.4 Å². The maximum atomic E-state index is 13.3. The van der Waals surface area contributed by atoms with Crippen LogP contribution in [0.5, 0.6) is 5.75 Å². The van der Waals surface area contributed by atoms with Gasteiger partial charge in [-0.25, -0.2) is 13.1 Å². The molecule has 0 spiro atoms. The normalized spacial score (nSPS) is 21.0. The Morgan fingerprint density at radius 1 is 0.927 bits per heavy atom. The maximum Gasteiger partial charge on any atom is 0.573 e. The van der Waals surface area contributed by atoms with Crippen LogP contribution in [0.4, 0.5) is 24.5 Å². The Morgan fingerprint density at radius 2 is 1.49 bits per heavy atom. The Hall–Kier alpha value is -3.65. The number of aliphatic hydroxyl groups excluding tert-OH is 2. The van der Waals surface area contributed by atoms with E-state index in [2.05, 4.69) is 9.46 Å². The van der Waals surface area contributed by atoms with E-state index in [9.17, 15) is 36.6 Å². The Balaban J connectivity index is 1.50. The summed E-state index contributed by atoms with van der Waals surface area (Å²) in [6, 6.07) is 16.9. The standard InChI is InChI=1S/C28H28F3N3O6S/c29-28(30,31)40-20-11-13-21(14-12-20)41(38,39)32-22-15-33(26(36)17-35)16-25(27(22)37)34-23-7-3-1-5-18(23)9-10-19-6-2-4-8-24(19)34/h1-8,11-14,22,25,27,32,35,37H,9-10,15-17H2/t22-,25+,27+/m0/s1. The largest absolute Gasteiger partial charge is 0.573 e. The zero-order chi connectivity index (χ0) is 29.4. The lowest BCUT2D eigenvalue weighted by molar-refractivity contribution is -0.274. The van der Waals surface area contributed by atoms with Crippen molar-refractivity contribution in [2.24, 2.45) is 0 Å². The van der Waals surface area contributed by atoms with Crippen LogP contribution in [0.25, 0.3) is 0 Å². The minimum Gasteiger partial charge on any atom is -0.406 e. The third kappa shape index (κ3) is 6.17. The highest BCUT2D eigenvalue weighted by Gasteiger charge is 2.44. The minimum atomic E-state index is -4.94. The molecule has 2 aliphatic heterocycles. The molecule has 5 rings (SSSR count).